The van der Waals surface area contributed by atoms with Crippen LogP contribution in [0, 0.1) is 10.8 Å². The molecule has 0 atom stereocenters. The van der Waals surface area contributed by atoms with Gasteiger partial charge in [-0.2, -0.15) is 0 Å². The predicted octanol–water partition coefficient (Wildman–Crippen LogP) is 0.923. The molecule has 0 saturated carbocycles. The molecule has 10 heavy (non-hydrogen) atoms. The Morgan fingerprint density at radius 1 is 1.30 bits per heavy atom. The monoisotopic (exact) mass is 137 g/mol. The fourth-order valence-corrected chi connectivity index (χ4v) is 1.04. The van der Waals surface area contributed by atoms with Gasteiger partial charge in [-0.1, -0.05) is 0 Å². The molecule has 54 valence electrons. The molecule has 0 aromatic carbocycles. The molecular formula is C7H11N3. The molecule has 0 aromatic rings. The van der Waals surface area contributed by atoms with Crippen molar-refractivity contribution < 1.29 is 0 Å². The predicted molar refractivity (Wildman–Crippen MR) is 41.8 cm³/mol. The maximum absolute atomic E-state index is 7.00. The Bertz CT molecular complexity index is 161. The number of rotatable bonds is 2. The number of hydrogen-bond donors (Lipinski definition) is 3. The van der Waals surface area contributed by atoms with E-state index in [1.807, 2.05) is 0 Å². The van der Waals surface area contributed by atoms with Crippen LogP contribution in [0.3, 0.4) is 0 Å². The van der Waals surface area contributed by atoms with Crippen molar-refractivity contribution in [3.8, 4) is 0 Å². The van der Waals surface area contributed by atoms with Crippen LogP contribution in [0.1, 0.15) is 12.8 Å². The van der Waals surface area contributed by atoms with Gasteiger partial charge in [0, 0.05) is 19.0 Å². The van der Waals surface area contributed by atoms with E-state index < -0.39 is 0 Å². The highest BCUT2D eigenvalue weighted by Crippen LogP contribution is 2.09. The van der Waals surface area contributed by atoms with Gasteiger partial charge in [-0.3, -0.25) is 0 Å². The van der Waals surface area contributed by atoms with Crippen molar-refractivity contribution in [2.45, 2.75) is 12.8 Å². The first-order valence-corrected chi connectivity index (χ1v) is 3.36. The summed E-state index contributed by atoms with van der Waals surface area (Å²) in [5.41, 5.74) is 1.75. The second-order valence-electron chi connectivity index (χ2n) is 2.26. The SMILES string of the molecule is N=CC1=C(C=N)NCCC1. The lowest BCUT2D eigenvalue weighted by molar-refractivity contribution is 0.700. The molecule has 0 radical (unpaired) electrons. The van der Waals surface area contributed by atoms with Crippen molar-refractivity contribution in [1.82, 2.24) is 5.32 Å². The summed E-state index contributed by atoms with van der Waals surface area (Å²) in [6.07, 6.45) is 4.61. The first-order chi connectivity index (χ1) is 4.88. The minimum absolute atomic E-state index is 0.807. The van der Waals surface area contributed by atoms with E-state index >= 15 is 0 Å². The minimum atomic E-state index is 0.807. The van der Waals surface area contributed by atoms with Gasteiger partial charge in [0.05, 0.1) is 5.70 Å². The topological polar surface area (TPSA) is 59.7 Å². The second kappa shape index (κ2) is 3.15. The number of allylic oxidation sites excluding steroid dienone is 2. The van der Waals surface area contributed by atoms with Crippen molar-refractivity contribution in [2.24, 2.45) is 0 Å². The first-order valence-electron chi connectivity index (χ1n) is 3.36. The van der Waals surface area contributed by atoms with Crippen LogP contribution < -0.4 is 5.32 Å². The molecule has 0 spiro atoms. The van der Waals surface area contributed by atoms with Gasteiger partial charge < -0.3 is 16.1 Å². The van der Waals surface area contributed by atoms with Gasteiger partial charge in [0.2, 0.25) is 0 Å². The van der Waals surface area contributed by atoms with E-state index in [4.69, 9.17) is 10.8 Å². The highest BCUT2D eigenvalue weighted by atomic mass is 14.9. The third-order valence-corrected chi connectivity index (χ3v) is 1.60. The molecule has 0 fully saturated rings. The van der Waals surface area contributed by atoms with E-state index in [0.29, 0.717) is 0 Å². The van der Waals surface area contributed by atoms with Gasteiger partial charge in [-0.15, -0.1) is 0 Å². The summed E-state index contributed by atoms with van der Waals surface area (Å²) in [7, 11) is 0. The van der Waals surface area contributed by atoms with Gasteiger partial charge in [0.15, 0.2) is 0 Å². The lowest BCUT2D eigenvalue weighted by Gasteiger charge is -2.15. The molecule has 0 amide bonds. The summed E-state index contributed by atoms with van der Waals surface area (Å²) < 4.78 is 0. The molecule has 0 saturated heterocycles. The summed E-state index contributed by atoms with van der Waals surface area (Å²) in [6.45, 7) is 0.933. The van der Waals surface area contributed by atoms with E-state index in [-0.39, 0.29) is 0 Å². The molecule has 3 N–H and O–H groups in total. The third-order valence-electron chi connectivity index (χ3n) is 1.60. The smallest absolute Gasteiger partial charge is 0.0566 e. The van der Waals surface area contributed by atoms with E-state index in [2.05, 4.69) is 5.32 Å². The van der Waals surface area contributed by atoms with Crippen molar-refractivity contribution >= 4 is 12.4 Å². The minimum Gasteiger partial charge on any atom is -0.384 e. The highest BCUT2D eigenvalue weighted by molar-refractivity contribution is 5.88. The van der Waals surface area contributed by atoms with Crippen molar-refractivity contribution in [3.63, 3.8) is 0 Å². The Hall–Kier alpha value is -1.12. The van der Waals surface area contributed by atoms with E-state index in [1.165, 1.54) is 12.4 Å². The summed E-state index contributed by atoms with van der Waals surface area (Å²) >= 11 is 0. The summed E-state index contributed by atoms with van der Waals surface area (Å²) in [4.78, 5) is 0. The fourth-order valence-electron chi connectivity index (χ4n) is 1.04. The number of nitrogens with one attached hydrogen (secondary N) is 3. The molecule has 0 unspecified atom stereocenters. The summed E-state index contributed by atoms with van der Waals surface area (Å²) in [5.74, 6) is 0. The molecule has 3 nitrogen and oxygen atoms in total. The third kappa shape index (κ3) is 1.23. The molecule has 1 rings (SSSR count). The van der Waals surface area contributed by atoms with Crippen LogP contribution in [0.5, 0.6) is 0 Å². The first kappa shape index (κ1) is 6.99. The van der Waals surface area contributed by atoms with Crippen LogP contribution in [-0.2, 0) is 0 Å². The van der Waals surface area contributed by atoms with Crippen LogP contribution in [0.25, 0.3) is 0 Å². The number of hydrogen-bond acceptors (Lipinski definition) is 3. The largest absolute Gasteiger partial charge is 0.384 e. The van der Waals surface area contributed by atoms with Crippen LogP contribution in [0.2, 0.25) is 0 Å². The van der Waals surface area contributed by atoms with Crippen molar-refractivity contribution in [1.29, 1.82) is 10.8 Å². The summed E-state index contributed by atoms with van der Waals surface area (Å²) in [6, 6.07) is 0. The zero-order valence-corrected chi connectivity index (χ0v) is 5.78. The second-order valence-corrected chi connectivity index (χ2v) is 2.26. The van der Waals surface area contributed by atoms with Crippen LogP contribution >= 0.6 is 0 Å². The van der Waals surface area contributed by atoms with Crippen molar-refractivity contribution in [3.05, 3.63) is 11.3 Å². The molecule has 0 bridgehead atoms. The Morgan fingerprint density at radius 2 is 2.10 bits per heavy atom. The maximum atomic E-state index is 7.00. The van der Waals surface area contributed by atoms with Gasteiger partial charge in [-0.05, 0) is 18.4 Å². The lowest BCUT2D eigenvalue weighted by Crippen LogP contribution is -2.22. The Balaban J connectivity index is 2.81. The molecule has 1 heterocycles. The van der Waals surface area contributed by atoms with Gasteiger partial charge in [0.25, 0.3) is 0 Å². The molecular weight excluding hydrogens is 126 g/mol. The maximum Gasteiger partial charge on any atom is 0.0566 e. The molecule has 0 aromatic heterocycles. The average molecular weight is 137 g/mol. The van der Waals surface area contributed by atoms with Gasteiger partial charge in [0.1, 0.15) is 0 Å². The van der Waals surface area contributed by atoms with Crippen LogP contribution in [0.15, 0.2) is 11.3 Å². The van der Waals surface area contributed by atoms with E-state index in [9.17, 15) is 0 Å². The van der Waals surface area contributed by atoms with Crippen LogP contribution in [-0.4, -0.2) is 19.0 Å². The molecule has 0 aliphatic carbocycles. The Kier molecular flexibility index (Phi) is 2.20. The summed E-state index contributed by atoms with van der Waals surface area (Å²) in [5, 5.41) is 17.0. The molecule has 3 heteroatoms. The lowest BCUT2D eigenvalue weighted by atomic mass is 10.1. The molecule has 1 aliphatic heterocycles. The zero-order valence-electron chi connectivity index (χ0n) is 5.78. The van der Waals surface area contributed by atoms with Crippen LogP contribution in [0.4, 0.5) is 0 Å². The zero-order chi connectivity index (χ0) is 7.40. The standard InChI is InChI=1S/C7H11N3/c8-4-6-2-1-3-10-7(6)5-9/h4-5,8-10H,1-3H2. The fraction of sp³-hybridized carbons (Fsp3) is 0.429. The van der Waals surface area contributed by atoms with Crippen molar-refractivity contribution in [2.75, 3.05) is 6.54 Å². The highest BCUT2D eigenvalue weighted by Gasteiger charge is 2.06. The Labute approximate surface area is 60.2 Å². The Morgan fingerprint density at radius 3 is 2.60 bits per heavy atom. The van der Waals surface area contributed by atoms with Gasteiger partial charge >= 0.3 is 0 Å². The van der Waals surface area contributed by atoms with E-state index in [0.717, 1.165) is 30.7 Å². The quantitative estimate of drug-likeness (QED) is 0.487. The normalized spacial score (nSPS) is 18.0. The van der Waals surface area contributed by atoms with E-state index in [1.54, 1.807) is 0 Å². The molecule has 1 aliphatic rings. The average Bonchev–Trinajstić information content (AvgIpc) is 2.04. The van der Waals surface area contributed by atoms with Gasteiger partial charge in [-0.25, -0.2) is 0 Å².